The van der Waals surface area contributed by atoms with Crippen LogP contribution in [0.2, 0.25) is 0 Å². The average Bonchev–Trinajstić information content (AvgIpc) is 3.10. The topological polar surface area (TPSA) is 46.3 Å². The third-order valence-electron chi connectivity index (χ3n) is 3.43. The lowest BCUT2D eigenvalue weighted by Gasteiger charge is -2.22. The standard InChI is InChI=1S/C14H22N2OS/c1-4-8-16(5-2)14-11(10-6-7-10)12(15)13(18-14)9(3)17/h10H,4-8,15H2,1-3H3. The van der Waals surface area contributed by atoms with E-state index in [1.807, 2.05) is 0 Å². The van der Waals surface area contributed by atoms with Crippen LogP contribution in [0.5, 0.6) is 0 Å². The van der Waals surface area contributed by atoms with Gasteiger partial charge in [-0.3, -0.25) is 4.79 Å². The monoisotopic (exact) mass is 266 g/mol. The Bertz CT molecular complexity index is 449. The molecule has 1 aliphatic rings. The van der Waals surface area contributed by atoms with Gasteiger partial charge >= 0.3 is 0 Å². The third-order valence-corrected chi connectivity index (χ3v) is 4.81. The molecule has 3 nitrogen and oxygen atoms in total. The summed E-state index contributed by atoms with van der Waals surface area (Å²) in [5.74, 6) is 0.688. The summed E-state index contributed by atoms with van der Waals surface area (Å²) in [5.41, 5.74) is 8.20. The minimum atomic E-state index is 0.0956. The normalized spacial score (nSPS) is 14.8. The molecule has 1 aromatic rings. The Kier molecular flexibility index (Phi) is 3.95. The fourth-order valence-corrected chi connectivity index (χ4v) is 3.67. The van der Waals surface area contributed by atoms with E-state index in [1.54, 1.807) is 18.3 Å². The van der Waals surface area contributed by atoms with Gasteiger partial charge in [-0.05, 0) is 32.1 Å². The molecule has 0 aliphatic heterocycles. The van der Waals surface area contributed by atoms with Gasteiger partial charge in [-0.25, -0.2) is 0 Å². The highest BCUT2D eigenvalue weighted by atomic mass is 32.1. The largest absolute Gasteiger partial charge is 0.397 e. The number of Topliss-reactive ketones (excluding diaryl/α,β-unsaturated/α-hetero) is 1. The van der Waals surface area contributed by atoms with Crippen molar-refractivity contribution in [3.8, 4) is 0 Å². The molecule has 0 amide bonds. The van der Waals surface area contributed by atoms with Gasteiger partial charge in [-0.15, -0.1) is 11.3 Å². The highest BCUT2D eigenvalue weighted by Crippen LogP contribution is 2.52. The van der Waals surface area contributed by atoms with Gasteiger partial charge in [0.25, 0.3) is 0 Å². The number of nitrogens with zero attached hydrogens (tertiary/aromatic N) is 1. The SMILES string of the molecule is CCCN(CC)c1sc(C(C)=O)c(N)c1C1CC1. The first-order valence-electron chi connectivity index (χ1n) is 6.78. The van der Waals surface area contributed by atoms with Crippen molar-refractivity contribution < 1.29 is 4.79 Å². The Hall–Kier alpha value is -1.03. The van der Waals surface area contributed by atoms with Gasteiger partial charge in [0, 0.05) is 25.6 Å². The van der Waals surface area contributed by atoms with E-state index in [-0.39, 0.29) is 5.78 Å². The molecule has 0 saturated heterocycles. The number of ketones is 1. The molecule has 1 heterocycles. The number of carbonyl (C=O) groups excluding carboxylic acids is 1. The third kappa shape index (κ3) is 2.39. The van der Waals surface area contributed by atoms with Crippen molar-refractivity contribution in [2.45, 2.75) is 46.0 Å². The van der Waals surface area contributed by atoms with Crippen molar-refractivity contribution in [2.24, 2.45) is 0 Å². The molecule has 2 N–H and O–H groups in total. The van der Waals surface area contributed by atoms with Gasteiger partial charge in [0.05, 0.1) is 15.6 Å². The smallest absolute Gasteiger partial charge is 0.171 e. The molecule has 0 bridgehead atoms. The zero-order valence-corrected chi connectivity index (χ0v) is 12.3. The predicted molar refractivity (Wildman–Crippen MR) is 78.9 cm³/mol. The molecule has 0 unspecified atom stereocenters. The van der Waals surface area contributed by atoms with E-state index in [1.165, 1.54) is 23.4 Å². The number of hydrogen-bond acceptors (Lipinski definition) is 4. The van der Waals surface area contributed by atoms with Crippen molar-refractivity contribution in [2.75, 3.05) is 23.7 Å². The average molecular weight is 266 g/mol. The second kappa shape index (κ2) is 5.31. The molecule has 100 valence electrons. The molecule has 0 aromatic carbocycles. The van der Waals surface area contributed by atoms with Crippen LogP contribution in [0.1, 0.15) is 61.2 Å². The van der Waals surface area contributed by atoms with Crippen molar-refractivity contribution in [1.82, 2.24) is 0 Å². The second-order valence-electron chi connectivity index (χ2n) is 4.97. The summed E-state index contributed by atoms with van der Waals surface area (Å²) in [6.45, 7) is 7.97. The summed E-state index contributed by atoms with van der Waals surface area (Å²) in [7, 11) is 0. The van der Waals surface area contributed by atoms with Gasteiger partial charge in [0.1, 0.15) is 0 Å². The maximum absolute atomic E-state index is 11.7. The first-order chi connectivity index (χ1) is 8.60. The molecular weight excluding hydrogens is 244 g/mol. The molecule has 2 rings (SSSR count). The summed E-state index contributed by atoms with van der Waals surface area (Å²) < 4.78 is 0. The van der Waals surface area contributed by atoms with Crippen LogP contribution in [0.3, 0.4) is 0 Å². The van der Waals surface area contributed by atoms with E-state index in [0.29, 0.717) is 5.92 Å². The summed E-state index contributed by atoms with van der Waals surface area (Å²) in [5, 5.41) is 1.24. The Labute approximate surface area is 113 Å². The Morgan fingerprint density at radius 2 is 2.11 bits per heavy atom. The van der Waals surface area contributed by atoms with Crippen LogP contribution in [-0.2, 0) is 0 Å². The van der Waals surface area contributed by atoms with E-state index in [4.69, 9.17) is 5.73 Å². The maximum Gasteiger partial charge on any atom is 0.171 e. The number of hydrogen-bond donors (Lipinski definition) is 1. The zero-order chi connectivity index (χ0) is 13.3. The Morgan fingerprint density at radius 3 is 2.56 bits per heavy atom. The summed E-state index contributed by atoms with van der Waals surface area (Å²) >= 11 is 1.59. The summed E-state index contributed by atoms with van der Waals surface area (Å²) in [4.78, 5) is 14.8. The first-order valence-corrected chi connectivity index (χ1v) is 7.59. The lowest BCUT2D eigenvalue weighted by atomic mass is 10.1. The maximum atomic E-state index is 11.7. The molecule has 1 aromatic heterocycles. The van der Waals surface area contributed by atoms with Crippen molar-refractivity contribution in [3.05, 3.63) is 10.4 Å². The number of carbonyl (C=O) groups is 1. The number of anilines is 2. The van der Waals surface area contributed by atoms with Crippen LogP contribution in [0, 0.1) is 0 Å². The van der Waals surface area contributed by atoms with Crippen LogP contribution < -0.4 is 10.6 Å². The highest BCUT2D eigenvalue weighted by molar-refractivity contribution is 7.18. The number of nitrogen functional groups attached to an aromatic ring is 1. The van der Waals surface area contributed by atoms with Gasteiger partial charge in [-0.2, -0.15) is 0 Å². The molecule has 4 heteroatoms. The molecule has 18 heavy (non-hydrogen) atoms. The van der Waals surface area contributed by atoms with Crippen LogP contribution >= 0.6 is 11.3 Å². The Morgan fingerprint density at radius 1 is 1.44 bits per heavy atom. The Balaban J connectivity index is 2.44. The number of nitrogens with two attached hydrogens (primary N) is 1. The molecule has 0 radical (unpaired) electrons. The van der Waals surface area contributed by atoms with Crippen LogP contribution in [0.15, 0.2) is 0 Å². The van der Waals surface area contributed by atoms with E-state index in [2.05, 4.69) is 18.7 Å². The minimum Gasteiger partial charge on any atom is -0.397 e. The molecule has 1 saturated carbocycles. The molecule has 1 aliphatic carbocycles. The zero-order valence-electron chi connectivity index (χ0n) is 11.5. The number of thiophene rings is 1. The summed E-state index contributed by atoms with van der Waals surface area (Å²) in [6.07, 6.45) is 3.55. The van der Waals surface area contributed by atoms with Crippen LogP contribution in [-0.4, -0.2) is 18.9 Å². The lowest BCUT2D eigenvalue weighted by molar-refractivity contribution is 0.102. The van der Waals surface area contributed by atoms with E-state index >= 15 is 0 Å². The van der Waals surface area contributed by atoms with Crippen molar-refractivity contribution in [1.29, 1.82) is 0 Å². The highest BCUT2D eigenvalue weighted by Gasteiger charge is 2.33. The number of rotatable bonds is 6. The molecular formula is C14H22N2OS. The second-order valence-corrected chi connectivity index (χ2v) is 5.97. The van der Waals surface area contributed by atoms with Crippen molar-refractivity contribution in [3.63, 3.8) is 0 Å². The quantitative estimate of drug-likeness (QED) is 0.799. The fourth-order valence-electron chi connectivity index (χ4n) is 2.38. The van der Waals surface area contributed by atoms with Crippen LogP contribution in [0.4, 0.5) is 10.7 Å². The molecule has 0 spiro atoms. The summed E-state index contributed by atoms with van der Waals surface area (Å²) in [6, 6.07) is 0. The van der Waals surface area contributed by atoms with Gasteiger partial charge < -0.3 is 10.6 Å². The predicted octanol–water partition coefficient (Wildman–Crippen LogP) is 3.65. The fraction of sp³-hybridized carbons (Fsp3) is 0.643. The van der Waals surface area contributed by atoms with Gasteiger partial charge in [0.2, 0.25) is 0 Å². The van der Waals surface area contributed by atoms with E-state index < -0.39 is 0 Å². The minimum absolute atomic E-state index is 0.0956. The molecule has 0 atom stereocenters. The van der Waals surface area contributed by atoms with E-state index in [0.717, 1.165) is 30.1 Å². The van der Waals surface area contributed by atoms with Gasteiger partial charge in [-0.1, -0.05) is 6.92 Å². The lowest BCUT2D eigenvalue weighted by Crippen LogP contribution is -2.23. The van der Waals surface area contributed by atoms with E-state index in [9.17, 15) is 4.79 Å². The first kappa shape index (κ1) is 13.4. The van der Waals surface area contributed by atoms with Crippen LogP contribution in [0.25, 0.3) is 0 Å². The van der Waals surface area contributed by atoms with Crippen molar-refractivity contribution >= 4 is 27.8 Å². The van der Waals surface area contributed by atoms with Gasteiger partial charge in [0.15, 0.2) is 5.78 Å². The molecule has 1 fully saturated rings.